The van der Waals surface area contributed by atoms with Crippen LogP contribution < -0.4 is 5.76 Å². The van der Waals surface area contributed by atoms with Gasteiger partial charge in [0.2, 0.25) is 0 Å². The van der Waals surface area contributed by atoms with Crippen LogP contribution in [0.1, 0.15) is 12.8 Å². The lowest BCUT2D eigenvalue weighted by molar-refractivity contribution is 0.0610. The predicted molar refractivity (Wildman–Crippen MR) is 76.7 cm³/mol. The number of fused-ring (bicyclic) bond motifs is 1. The van der Waals surface area contributed by atoms with Crippen LogP contribution in [-0.2, 0) is 11.3 Å². The van der Waals surface area contributed by atoms with E-state index in [1.807, 2.05) is 18.2 Å². The third-order valence-corrected chi connectivity index (χ3v) is 4.08. The molecule has 0 radical (unpaired) electrons. The maximum Gasteiger partial charge on any atom is 0.419 e. The number of aromatic nitrogens is 1. The fourth-order valence-electron chi connectivity index (χ4n) is 2.40. The molecule has 2 heterocycles. The summed E-state index contributed by atoms with van der Waals surface area (Å²) in [5.41, 5.74) is 1.57. The lowest BCUT2D eigenvalue weighted by atomic mass is 10.0. The molecule has 0 amide bonds. The molecule has 96 valence electrons. The summed E-state index contributed by atoms with van der Waals surface area (Å²) in [4.78, 5) is 11.9. The standard InChI is InChI=1S/C13H14INO3/c14-10-1-2-11-12(7-10)18-13(16)15(11)8-9-3-5-17-6-4-9/h1-2,7,9H,3-6,8H2. The van der Waals surface area contributed by atoms with Crippen molar-refractivity contribution in [3.8, 4) is 0 Å². The first-order valence-corrected chi connectivity index (χ1v) is 7.18. The zero-order chi connectivity index (χ0) is 12.5. The van der Waals surface area contributed by atoms with Crippen molar-refractivity contribution in [3.63, 3.8) is 0 Å². The average Bonchev–Trinajstić information content (AvgIpc) is 2.66. The molecule has 0 atom stereocenters. The van der Waals surface area contributed by atoms with Gasteiger partial charge in [0.15, 0.2) is 5.58 Å². The summed E-state index contributed by atoms with van der Waals surface area (Å²) >= 11 is 2.22. The minimum atomic E-state index is -0.251. The fourth-order valence-corrected chi connectivity index (χ4v) is 2.86. The molecular formula is C13H14INO3. The Labute approximate surface area is 118 Å². The zero-order valence-electron chi connectivity index (χ0n) is 9.89. The molecule has 0 bridgehead atoms. The van der Waals surface area contributed by atoms with Gasteiger partial charge in [-0.15, -0.1) is 0 Å². The van der Waals surface area contributed by atoms with Gasteiger partial charge in [0.1, 0.15) is 0 Å². The molecule has 0 saturated carbocycles. The van der Waals surface area contributed by atoms with E-state index in [1.54, 1.807) is 4.57 Å². The highest BCUT2D eigenvalue weighted by Gasteiger charge is 2.18. The second-order valence-corrected chi connectivity index (χ2v) is 5.89. The van der Waals surface area contributed by atoms with Crippen molar-refractivity contribution in [1.29, 1.82) is 0 Å². The van der Waals surface area contributed by atoms with Gasteiger partial charge in [-0.1, -0.05) is 0 Å². The maximum absolute atomic E-state index is 11.9. The average molecular weight is 359 g/mol. The molecule has 3 rings (SSSR count). The molecule has 2 aromatic rings. The molecule has 0 N–H and O–H groups in total. The van der Waals surface area contributed by atoms with Gasteiger partial charge in [0.05, 0.1) is 5.52 Å². The minimum Gasteiger partial charge on any atom is -0.408 e. The van der Waals surface area contributed by atoms with Crippen LogP contribution >= 0.6 is 22.6 Å². The van der Waals surface area contributed by atoms with E-state index in [-0.39, 0.29) is 5.76 Å². The van der Waals surface area contributed by atoms with Gasteiger partial charge in [-0.05, 0) is 59.5 Å². The van der Waals surface area contributed by atoms with Gasteiger partial charge in [-0.2, -0.15) is 0 Å². The lowest BCUT2D eigenvalue weighted by Crippen LogP contribution is -2.24. The summed E-state index contributed by atoms with van der Waals surface area (Å²) in [7, 11) is 0. The number of nitrogens with zero attached hydrogens (tertiary/aromatic N) is 1. The van der Waals surface area contributed by atoms with Gasteiger partial charge in [-0.25, -0.2) is 4.79 Å². The van der Waals surface area contributed by atoms with E-state index in [0.29, 0.717) is 11.5 Å². The number of oxazole rings is 1. The fraction of sp³-hybridized carbons (Fsp3) is 0.462. The van der Waals surface area contributed by atoms with Crippen LogP contribution in [0.5, 0.6) is 0 Å². The first-order chi connectivity index (χ1) is 8.74. The third kappa shape index (κ3) is 2.33. The number of halogens is 1. The van der Waals surface area contributed by atoms with Gasteiger partial charge in [-0.3, -0.25) is 4.57 Å². The smallest absolute Gasteiger partial charge is 0.408 e. The van der Waals surface area contributed by atoms with Gasteiger partial charge < -0.3 is 9.15 Å². The van der Waals surface area contributed by atoms with Crippen LogP contribution in [0.3, 0.4) is 0 Å². The van der Waals surface area contributed by atoms with Crippen molar-refractivity contribution < 1.29 is 9.15 Å². The largest absolute Gasteiger partial charge is 0.419 e. The van der Waals surface area contributed by atoms with Crippen molar-refractivity contribution in [1.82, 2.24) is 4.57 Å². The van der Waals surface area contributed by atoms with E-state index in [9.17, 15) is 4.79 Å². The van der Waals surface area contributed by atoms with Crippen LogP contribution in [0.4, 0.5) is 0 Å². The first kappa shape index (κ1) is 12.2. The molecule has 18 heavy (non-hydrogen) atoms. The zero-order valence-corrected chi connectivity index (χ0v) is 12.1. The van der Waals surface area contributed by atoms with Gasteiger partial charge >= 0.3 is 5.76 Å². The molecule has 4 nitrogen and oxygen atoms in total. The minimum absolute atomic E-state index is 0.251. The third-order valence-electron chi connectivity index (χ3n) is 3.41. The van der Waals surface area contributed by atoms with E-state index in [1.165, 1.54) is 0 Å². The van der Waals surface area contributed by atoms with Crippen molar-refractivity contribution >= 4 is 33.7 Å². The Morgan fingerprint density at radius 1 is 1.33 bits per heavy atom. The second kappa shape index (κ2) is 5.05. The molecule has 5 heteroatoms. The van der Waals surface area contributed by atoms with Crippen LogP contribution in [-0.4, -0.2) is 17.8 Å². The monoisotopic (exact) mass is 359 g/mol. The molecule has 1 aromatic carbocycles. The van der Waals surface area contributed by atoms with E-state index in [0.717, 1.165) is 41.7 Å². The van der Waals surface area contributed by atoms with Crippen LogP contribution in [0.15, 0.2) is 27.4 Å². The highest BCUT2D eigenvalue weighted by atomic mass is 127. The molecule has 1 aliphatic rings. The van der Waals surface area contributed by atoms with Crippen LogP contribution in [0.25, 0.3) is 11.1 Å². The Hall–Kier alpha value is -0.820. The Kier molecular flexibility index (Phi) is 3.43. The number of hydrogen-bond acceptors (Lipinski definition) is 3. The maximum atomic E-state index is 11.9. The van der Waals surface area contributed by atoms with Crippen molar-refractivity contribution in [3.05, 3.63) is 32.3 Å². The second-order valence-electron chi connectivity index (χ2n) is 4.65. The topological polar surface area (TPSA) is 44.4 Å². The Morgan fingerprint density at radius 2 is 2.11 bits per heavy atom. The SMILES string of the molecule is O=c1oc2cc(I)ccc2n1CC1CCOCC1. The molecular weight excluding hydrogens is 345 g/mol. The number of rotatable bonds is 2. The van der Waals surface area contributed by atoms with Gasteiger partial charge in [0.25, 0.3) is 0 Å². The van der Waals surface area contributed by atoms with Crippen molar-refractivity contribution in [2.45, 2.75) is 19.4 Å². The molecule has 0 unspecified atom stereocenters. The summed E-state index contributed by atoms with van der Waals surface area (Å²) in [5, 5.41) is 0. The molecule has 1 aromatic heterocycles. The Bertz CT molecular complexity index is 610. The summed E-state index contributed by atoms with van der Waals surface area (Å²) in [6.45, 7) is 2.33. The molecule has 1 fully saturated rings. The van der Waals surface area contributed by atoms with Crippen molar-refractivity contribution in [2.75, 3.05) is 13.2 Å². The van der Waals surface area contributed by atoms with Crippen LogP contribution in [0, 0.1) is 9.49 Å². The predicted octanol–water partition coefficient (Wildman–Crippen LogP) is 2.63. The molecule has 1 aliphatic heterocycles. The lowest BCUT2D eigenvalue weighted by Gasteiger charge is -2.21. The molecule has 0 spiro atoms. The summed E-state index contributed by atoms with van der Waals surface area (Å²) in [6.07, 6.45) is 2.03. The number of ether oxygens (including phenoxy) is 1. The van der Waals surface area contributed by atoms with Gasteiger partial charge in [0, 0.05) is 23.3 Å². The highest BCUT2D eigenvalue weighted by molar-refractivity contribution is 14.1. The van der Waals surface area contributed by atoms with E-state index >= 15 is 0 Å². The van der Waals surface area contributed by atoms with Crippen LogP contribution in [0.2, 0.25) is 0 Å². The van der Waals surface area contributed by atoms with E-state index in [4.69, 9.17) is 9.15 Å². The number of hydrogen-bond donors (Lipinski definition) is 0. The number of benzene rings is 1. The Morgan fingerprint density at radius 3 is 2.89 bits per heavy atom. The highest BCUT2D eigenvalue weighted by Crippen LogP contribution is 2.21. The normalized spacial score (nSPS) is 17.4. The van der Waals surface area contributed by atoms with Crippen molar-refractivity contribution in [2.24, 2.45) is 5.92 Å². The molecule has 0 aliphatic carbocycles. The summed E-state index contributed by atoms with van der Waals surface area (Å²) in [5.74, 6) is 0.259. The van der Waals surface area contributed by atoms with E-state index < -0.39 is 0 Å². The summed E-state index contributed by atoms with van der Waals surface area (Å²) < 4.78 is 13.5. The summed E-state index contributed by atoms with van der Waals surface area (Å²) in [6, 6.07) is 5.86. The Balaban J connectivity index is 1.95. The first-order valence-electron chi connectivity index (χ1n) is 6.10. The quantitative estimate of drug-likeness (QED) is 0.775. The molecule has 1 saturated heterocycles. The van der Waals surface area contributed by atoms with E-state index in [2.05, 4.69) is 22.6 Å².